The maximum absolute atomic E-state index is 12.3. The molecule has 0 unspecified atom stereocenters. The first-order valence-electron chi connectivity index (χ1n) is 6.00. The maximum Gasteiger partial charge on any atom is 0.261 e. The number of rotatable bonds is 2. The van der Waals surface area contributed by atoms with Crippen LogP contribution in [0.2, 0.25) is 5.02 Å². The molecule has 18 heavy (non-hydrogen) atoms. The van der Waals surface area contributed by atoms with E-state index in [1.54, 1.807) is 29.1 Å². The molecule has 0 amide bonds. The molecular weight excluding hydrogens is 252 g/mol. The van der Waals surface area contributed by atoms with E-state index in [1.807, 2.05) is 0 Å². The predicted octanol–water partition coefficient (Wildman–Crippen LogP) is 2.23. The van der Waals surface area contributed by atoms with Gasteiger partial charge in [-0.3, -0.25) is 9.36 Å². The summed E-state index contributed by atoms with van der Waals surface area (Å²) in [7, 11) is 0. The highest BCUT2D eigenvalue weighted by Crippen LogP contribution is 2.16. The van der Waals surface area contributed by atoms with Crippen LogP contribution in [0.1, 0.15) is 12.8 Å². The van der Waals surface area contributed by atoms with Crippen molar-refractivity contribution < 1.29 is 4.74 Å². The summed E-state index contributed by atoms with van der Waals surface area (Å²) >= 11 is 5.88. The second-order valence-electron chi connectivity index (χ2n) is 4.50. The van der Waals surface area contributed by atoms with Gasteiger partial charge in [-0.15, -0.1) is 0 Å². The Morgan fingerprint density at radius 2 is 2.39 bits per heavy atom. The summed E-state index contributed by atoms with van der Waals surface area (Å²) in [6, 6.07) is 5.14. The molecule has 0 bridgehead atoms. The summed E-state index contributed by atoms with van der Waals surface area (Å²) in [4.78, 5) is 16.5. The fourth-order valence-electron chi connectivity index (χ4n) is 2.27. The van der Waals surface area contributed by atoms with Crippen LogP contribution >= 0.6 is 11.6 Å². The number of nitrogens with zero attached hydrogens (tertiary/aromatic N) is 2. The normalized spacial score (nSPS) is 19.5. The van der Waals surface area contributed by atoms with Crippen molar-refractivity contribution in [1.29, 1.82) is 0 Å². The van der Waals surface area contributed by atoms with Crippen LogP contribution in [0.15, 0.2) is 29.3 Å². The molecule has 1 saturated heterocycles. The molecule has 1 aliphatic rings. The lowest BCUT2D eigenvalue weighted by Gasteiger charge is -2.11. The Hall–Kier alpha value is -1.39. The van der Waals surface area contributed by atoms with Gasteiger partial charge in [0.1, 0.15) is 0 Å². The molecule has 0 N–H and O–H groups in total. The van der Waals surface area contributed by atoms with Gasteiger partial charge in [0.2, 0.25) is 0 Å². The molecule has 1 aromatic carbocycles. The van der Waals surface area contributed by atoms with E-state index in [1.165, 1.54) is 0 Å². The zero-order valence-corrected chi connectivity index (χ0v) is 10.6. The minimum absolute atomic E-state index is 0.0350. The SMILES string of the molecule is O=c1c2ccc(Cl)cc2ncn1C[C@H]1CCCO1. The monoisotopic (exact) mass is 264 g/mol. The summed E-state index contributed by atoms with van der Waals surface area (Å²) in [5.41, 5.74) is 0.600. The van der Waals surface area contributed by atoms with Crippen LogP contribution in [0.25, 0.3) is 10.9 Å². The molecule has 0 saturated carbocycles. The highest BCUT2D eigenvalue weighted by Gasteiger charge is 2.17. The van der Waals surface area contributed by atoms with E-state index in [2.05, 4.69) is 4.98 Å². The van der Waals surface area contributed by atoms with Crippen molar-refractivity contribution in [1.82, 2.24) is 9.55 Å². The zero-order valence-electron chi connectivity index (χ0n) is 9.80. The van der Waals surface area contributed by atoms with Crippen LogP contribution in [0.4, 0.5) is 0 Å². The Morgan fingerprint density at radius 3 is 3.17 bits per heavy atom. The molecule has 1 aromatic heterocycles. The number of aromatic nitrogens is 2. The van der Waals surface area contributed by atoms with Gasteiger partial charge in [-0.2, -0.15) is 0 Å². The first kappa shape index (κ1) is 11.7. The highest BCUT2D eigenvalue weighted by atomic mass is 35.5. The van der Waals surface area contributed by atoms with E-state index in [-0.39, 0.29) is 11.7 Å². The first-order valence-corrected chi connectivity index (χ1v) is 6.38. The van der Waals surface area contributed by atoms with Crippen molar-refractivity contribution in [3.63, 3.8) is 0 Å². The molecule has 1 atom stereocenters. The van der Waals surface area contributed by atoms with E-state index in [4.69, 9.17) is 16.3 Å². The largest absolute Gasteiger partial charge is 0.376 e. The van der Waals surface area contributed by atoms with Crippen LogP contribution in [-0.4, -0.2) is 22.3 Å². The van der Waals surface area contributed by atoms with Gasteiger partial charge in [0, 0.05) is 11.6 Å². The number of halogens is 1. The first-order chi connectivity index (χ1) is 8.74. The fourth-order valence-corrected chi connectivity index (χ4v) is 2.44. The quantitative estimate of drug-likeness (QED) is 0.835. The van der Waals surface area contributed by atoms with E-state index in [9.17, 15) is 4.79 Å². The molecule has 2 aromatic rings. The van der Waals surface area contributed by atoms with Crippen LogP contribution < -0.4 is 5.56 Å². The topological polar surface area (TPSA) is 44.1 Å². The van der Waals surface area contributed by atoms with Gasteiger partial charge >= 0.3 is 0 Å². The van der Waals surface area contributed by atoms with Gasteiger partial charge in [0.05, 0.1) is 29.9 Å². The minimum atomic E-state index is -0.0350. The lowest BCUT2D eigenvalue weighted by Crippen LogP contribution is -2.26. The van der Waals surface area contributed by atoms with Gasteiger partial charge < -0.3 is 4.74 Å². The average Bonchev–Trinajstić information content (AvgIpc) is 2.85. The maximum atomic E-state index is 12.3. The van der Waals surface area contributed by atoms with Gasteiger partial charge in [-0.05, 0) is 31.0 Å². The van der Waals surface area contributed by atoms with Gasteiger partial charge in [0.15, 0.2) is 0 Å². The second-order valence-corrected chi connectivity index (χ2v) is 4.94. The Labute approximate surface area is 109 Å². The molecule has 3 rings (SSSR count). The number of ether oxygens (including phenoxy) is 1. The fraction of sp³-hybridized carbons (Fsp3) is 0.385. The van der Waals surface area contributed by atoms with E-state index in [0.717, 1.165) is 19.4 Å². The molecule has 0 radical (unpaired) electrons. The van der Waals surface area contributed by atoms with Crippen molar-refractivity contribution >= 4 is 22.5 Å². The Balaban J connectivity index is 2.00. The minimum Gasteiger partial charge on any atom is -0.376 e. The summed E-state index contributed by atoms with van der Waals surface area (Å²) in [6.45, 7) is 1.36. The van der Waals surface area contributed by atoms with Crippen molar-refractivity contribution in [3.8, 4) is 0 Å². The van der Waals surface area contributed by atoms with Crippen LogP contribution in [0.3, 0.4) is 0 Å². The molecule has 0 spiro atoms. The number of hydrogen-bond donors (Lipinski definition) is 0. The number of fused-ring (bicyclic) bond motifs is 1. The molecule has 5 heteroatoms. The predicted molar refractivity (Wildman–Crippen MR) is 70.0 cm³/mol. The molecule has 1 aliphatic heterocycles. The van der Waals surface area contributed by atoms with Crippen LogP contribution in [0, 0.1) is 0 Å². The van der Waals surface area contributed by atoms with Crippen molar-refractivity contribution in [2.45, 2.75) is 25.5 Å². The number of hydrogen-bond acceptors (Lipinski definition) is 3. The third kappa shape index (κ3) is 2.13. The number of benzene rings is 1. The van der Waals surface area contributed by atoms with Gasteiger partial charge in [-0.1, -0.05) is 11.6 Å². The summed E-state index contributed by atoms with van der Waals surface area (Å²) in [6.07, 6.45) is 3.78. The van der Waals surface area contributed by atoms with E-state index < -0.39 is 0 Å². The summed E-state index contributed by atoms with van der Waals surface area (Å²) < 4.78 is 7.15. The second kappa shape index (κ2) is 4.71. The Bertz CT molecular complexity index is 632. The highest BCUT2D eigenvalue weighted by molar-refractivity contribution is 6.31. The molecule has 4 nitrogen and oxygen atoms in total. The Kier molecular flexibility index (Phi) is 3.06. The molecule has 1 fully saturated rings. The molecule has 94 valence electrons. The third-order valence-corrected chi connectivity index (χ3v) is 3.45. The lowest BCUT2D eigenvalue weighted by molar-refractivity contribution is 0.0960. The van der Waals surface area contributed by atoms with Crippen LogP contribution in [-0.2, 0) is 11.3 Å². The van der Waals surface area contributed by atoms with Crippen molar-refractivity contribution in [2.75, 3.05) is 6.61 Å². The smallest absolute Gasteiger partial charge is 0.261 e. The average molecular weight is 265 g/mol. The molecule has 2 heterocycles. The van der Waals surface area contributed by atoms with E-state index >= 15 is 0 Å². The van der Waals surface area contributed by atoms with Crippen molar-refractivity contribution in [3.05, 3.63) is 39.9 Å². The van der Waals surface area contributed by atoms with E-state index in [0.29, 0.717) is 22.5 Å². The standard InChI is InChI=1S/C13H13ClN2O2/c14-9-3-4-11-12(6-9)15-8-16(13(11)17)7-10-2-1-5-18-10/h3-4,6,8,10H,1-2,5,7H2/t10-/m1/s1. The zero-order chi connectivity index (χ0) is 12.5. The molecular formula is C13H13ClN2O2. The van der Waals surface area contributed by atoms with Crippen LogP contribution in [0.5, 0.6) is 0 Å². The molecule has 0 aliphatic carbocycles. The third-order valence-electron chi connectivity index (χ3n) is 3.21. The van der Waals surface area contributed by atoms with Gasteiger partial charge in [-0.25, -0.2) is 4.98 Å². The lowest BCUT2D eigenvalue weighted by atomic mass is 10.2. The summed E-state index contributed by atoms with van der Waals surface area (Å²) in [5.74, 6) is 0. The van der Waals surface area contributed by atoms with Crippen molar-refractivity contribution in [2.24, 2.45) is 0 Å². The van der Waals surface area contributed by atoms with Gasteiger partial charge in [0.25, 0.3) is 5.56 Å². The Morgan fingerprint density at radius 1 is 1.50 bits per heavy atom. The summed E-state index contributed by atoms with van der Waals surface area (Å²) in [5, 5.41) is 1.19.